The zero-order valence-electron chi connectivity index (χ0n) is 36.7. The summed E-state index contributed by atoms with van der Waals surface area (Å²) < 4.78 is 62.8. The lowest BCUT2D eigenvalue weighted by atomic mass is 10.1. The van der Waals surface area contributed by atoms with E-state index in [-0.39, 0.29) is 0 Å². The van der Waals surface area contributed by atoms with Gasteiger partial charge in [-0.1, -0.05) is 237 Å². The normalized spacial score (nSPS) is 20.9. The fourth-order valence-corrected chi connectivity index (χ4v) is 22.0. The van der Waals surface area contributed by atoms with Crippen LogP contribution in [0.3, 0.4) is 0 Å². The molecule has 3 aliphatic rings. The summed E-state index contributed by atoms with van der Waals surface area (Å²) in [5.74, 6) is 0. The predicted molar refractivity (Wildman–Crippen MR) is 289 cm³/mol. The Hall–Kier alpha value is -6.88. The van der Waals surface area contributed by atoms with Crippen LogP contribution in [-0.4, -0.2) is 0 Å². The topological polar surface area (TPSA) is 68.3 Å². The van der Waals surface area contributed by atoms with Crippen LogP contribution in [0.1, 0.15) is 33.4 Å². The highest BCUT2D eigenvalue weighted by molar-refractivity contribution is 7.89. The van der Waals surface area contributed by atoms with Crippen molar-refractivity contribution in [1.82, 2.24) is 0 Å². The molecular formula is C60H42O4P4. The summed E-state index contributed by atoms with van der Waals surface area (Å²) in [6, 6.07) is 75.7. The van der Waals surface area contributed by atoms with Crippen LogP contribution in [0.15, 0.2) is 237 Å². The molecule has 0 fully saturated rings. The summed E-state index contributed by atoms with van der Waals surface area (Å²) in [6.07, 6.45) is 6.09. The van der Waals surface area contributed by atoms with E-state index in [0.717, 1.165) is 81.2 Å². The van der Waals surface area contributed by atoms with E-state index in [4.69, 9.17) is 0 Å². The highest BCUT2D eigenvalue weighted by Crippen LogP contribution is 2.64. The van der Waals surface area contributed by atoms with Gasteiger partial charge in [0, 0.05) is 63.7 Å². The van der Waals surface area contributed by atoms with Gasteiger partial charge in [-0.2, -0.15) is 0 Å². The van der Waals surface area contributed by atoms with Gasteiger partial charge in [0.05, 0.1) is 0 Å². The average Bonchev–Trinajstić information content (AvgIpc) is 4.02. The Kier molecular flexibility index (Phi) is 10.3. The Morgan fingerprint density at radius 2 is 0.500 bits per heavy atom. The fraction of sp³-hybridized carbons (Fsp3) is 0. The molecule has 4 nitrogen and oxygen atoms in total. The summed E-state index contributed by atoms with van der Waals surface area (Å²) in [4.78, 5) is 0. The Morgan fingerprint density at radius 3 is 0.765 bits per heavy atom. The lowest BCUT2D eigenvalue weighted by Gasteiger charge is -2.23. The van der Waals surface area contributed by atoms with Gasteiger partial charge in [0.2, 0.25) is 0 Å². The third-order valence-electron chi connectivity index (χ3n) is 13.7. The first-order valence-corrected chi connectivity index (χ1v) is 29.4. The summed E-state index contributed by atoms with van der Waals surface area (Å²) >= 11 is 0. The molecule has 0 saturated carbocycles. The van der Waals surface area contributed by atoms with Crippen molar-refractivity contribution in [1.29, 1.82) is 0 Å². The van der Waals surface area contributed by atoms with Gasteiger partial charge < -0.3 is 18.3 Å². The quantitative estimate of drug-likeness (QED) is 0.135. The van der Waals surface area contributed by atoms with Crippen LogP contribution in [0.25, 0.3) is 34.2 Å². The van der Waals surface area contributed by atoms with Crippen molar-refractivity contribution in [2.24, 2.45) is 0 Å². The molecule has 12 rings (SSSR count). The van der Waals surface area contributed by atoms with Gasteiger partial charge in [0.15, 0.2) is 28.6 Å². The van der Waals surface area contributed by atoms with Crippen LogP contribution in [0.5, 0.6) is 0 Å². The second-order valence-corrected chi connectivity index (χ2v) is 28.2. The zero-order chi connectivity index (χ0) is 46.1. The summed E-state index contributed by atoms with van der Waals surface area (Å²) in [6.45, 7) is 0. The molecule has 0 N–H and O–H groups in total. The maximum absolute atomic E-state index is 16.5. The molecule has 0 radical (unpaired) electrons. The lowest BCUT2D eigenvalue weighted by molar-refractivity contribution is 0.592. The molecule has 9 aromatic rings. The van der Waals surface area contributed by atoms with Crippen LogP contribution in [-0.2, 0) is 18.3 Å². The smallest absolute Gasteiger partial charge is 0.172 e. The van der Waals surface area contributed by atoms with E-state index in [1.807, 2.05) is 255 Å². The van der Waals surface area contributed by atoms with Crippen LogP contribution < -0.4 is 47.7 Å². The van der Waals surface area contributed by atoms with Crippen molar-refractivity contribution >= 4 is 110 Å². The van der Waals surface area contributed by atoms with Gasteiger partial charge in [0.25, 0.3) is 0 Å². The number of rotatable bonds is 9. The van der Waals surface area contributed by atoms with Crippen molar-refractivity contribution in [3.63, 3.8) is 0 Å². The minimum atomic E-state index is -3.64. The molecule has 68 heavy (non-hydrogen) atoms. The first-order chi connectivity index (χ1) is 33.2. The highest BCUT2D eigenvalue weighted by atomic mass is 31.2. The summed E-state index contributed by atoms with van der Waals surface area (Å²) in [5, 5.41) is 8.77. The van der Waals surface area contributed by atoms with Crippen molar-refractivity contribution < 1.29 is 18.3 Å². The molecule has 0 spiro atoms. The highest BCUT2D eigenvalue weighted by Gasteiger charge is 2.42. The minimum absolute atomic E-state index is 0.609. The summed E-state index contributed by atoms with van der Waals surface area (Å²) in [5.41, 5.74) is 5.17. The SMILES string of the molecule is O=P1(c2ccccc2)C(c2ccc(P(=O)(c3ccc(C4=Cc5ccccc5P4(=O)c4ccccc4)cc3)c3ccc(C4=Cc5ccccc5P4(=O)c4ccccc4)cc3)cc2)=Cc2ccccc21. The number of hydrogen-bond acceptors (Lipinski definition) is 4. The second kappa shape index (κ2) is 16.4. The van der Waals surface area contributed by atoms with Crippen LogP contribution >= 0.6 is 28.6 Å². The van der Waals surface area contributed by atoms with Gasteiger partial charge in [-0.05, 0) is 51.6 Å². The maximum Gasteiger partial charge on any atom is 0.172 e. The summed E-state index contributed by atoms with van der Waals surface area (Å²) in [7, 11) is -13.3. The van der Waals surface area contributed by atoms with E-state index < -0.39 is 28.6 Å². The minimum Gasteiger partial charge on any atom is -0.309 e. The van der Waals surface area contributed by atoms with Gasteiger partial charge in [0.1, 0.15) is 0 Å². The van der Waals surface area contributed by atoms with Crippen LogP contribution in [0, 0.1) is 0 Å². The van der Waals surface area contributed by atoms with Crippen molar-refractivity contribution in [3.8, 4) is 0 Å². The molecule has 3 aliphatic heterocycles. The number of fused-ring (bicyclic) bond motifs is 3. The molecule has 9 aromatic carbocycles. The molecule has 326 valence electrons. The fourth-order valence-electron chi connectivity index (χ4n) is 10.3. The van der Waals surface area contributed by atoms with E-state index in [1.54, 1.807) is 0 Å². The van der Waals surface area contributed by atoms with Gasteiger partial charge >= 0.3 is 0 Å². The number of hydrogen-bond donors (Lipinski definition) is 0. The van der Waals surface area contributed by atoms with Crippen molar-refractivity contribution in [2.75, 3.05) is 0 Å². The molecule has 0 aromatic heterocycles. The van der Waals surface area contributed by atoms with Gasteiger partial charge in [-0.15, -0.1) is 0 Å². The molecule has 0 bridgehead atoms. The molecule has 0 saturated heterocycles. The van der Waals surface area contributed by atoms with E-state index in [2.05, 4.69) is 0 Å². The monoisotopic (exact) mass is 950 g/mol. The average molecular weight is 951 g/mol. The third kappa shape index (κ3) is 6.44. The van der Waals surface area contributed by atoms with Crippen molar-refractivity contribution in [3.05, 3.63) is 270 Å². The molecular weight excluding hydrogens is 909 g/mol. The largest absolute Gasteiger partial charge is 0.309 e. The van der Waals surface area contributed by atoms with Crippen molar-refractivity contribution in [2.45, 2.75) is 0 Å². The molecule has 3 unspecified atom stereocenters. The second-order valence-electron chi connectivity index (χ2n) is 17.3. The first-order valence-electron chi connectivity index (χ1n) is 22.6. The Bertz CT molecular complexity index is 3370. The van der Waals surface area contributed by atoms with Gasteiger partial charge in [-0.3, -0.25) is 0 Å². The van der Waals surface area contributed by atoms with Crippen LogP contribution in [0.2, 0.25) is 0 Å². The molecule has 8 heteroatoms. The zero-order valence-corrected chi connectivity index (χ0v) is 40.2. The van der Waals surface area contributed by atoms with E-state index in [0.29, 0.717) is 15.9 Å². The van der Waals surface area contributed by atoms with E-state index in [9.17, 15) is 0 Å². The Balaban J connectivity index is 0.977. The van der Waals surface area contributed by atoms with Gasteiger partial charge in [-0.25, -0.2) is 0 Å². The Labute approximate surface area is 396 Å². The third-order valence-corrected chi connectivity index (χ3v) is 26.3. The molecule has 3 heterocycles. The van der Waals surface area contributed by atoms with E-state index in [1.165, 1.54) is 0 Å². The molecule has 0 aliphatic carbocycles. The molecule has 3 atom stereocenters. The maximum atomic E-state index is 16.5. The van der Waals surface area contributed by atoms with Crippen LogP contribution in [0.4, 0.5) is 0 Å². The van der Waals surface area contributed by atoms with E-state index >= 15 is 18.3 Å². The number of benzene rings is 9. The standard InChI is InChI=1S/C60H42O4P4/c61-65(52-34-28-43(29-35-52)58-40-46-16-10-13-25-55(46)66(58,62)49-19-4-1-5-20-49,53-36-30-44(31-37-53)59-41-47-17-11-14-26-56(47)67(59,63)50-21-6-2-7-22-50)54-38-32-45(33-39-54)60-42-48-18-12-15-27-57(48)68(60,64)51-23-8-3-9-24-51/h1-42H. The Morgan fingerprint density at radius 1 is 0.265 bits per heavy atom. The predicted octanol–water partition coefficient (Wildman–Crippen LogP) is 11.8. The first kappa shape index (κ1) is 42.5. The lowest BCUT2D eigenvalue weighted by Crippen LogP contribution is -2.25. The molecule has 0 amide bonds.